The second-order valence-corrected chi connectivity index (χ2v) is 4.76. The van der Waals surface area contributed by atoms with Gasteiger partial charge in [0.05, 0.1) is 5.56 Å². The molecule has 15 heavy (non-hydrogen) atoms. The first-order chi connectivity index (χ1) is 6.79. The van der Waals surface area contributed by atoms with Gasteiger partial charge >= 0.3 is 5.97 Å². The minimum absolute atomic E-state index is 0.0610. The van der Waals surface area contributed by atoms with E-state index in [-0.39, 0.29) is 16.5 Å². The summed E-state index contributed by atoms with van der Waals surface area (Å²) in [5, 5.41) is 8.93. The van der Waals surface area contributed by atoms with Crippen LogP contribution in [0.3, 0.4) is 0 Å². The van der Waals surface area contributed by atoms with E-state index in [4.69, 9.17) is 5.11 Å². The topological polar surface area (TPSA) is 70.2 Å². The Kier molecular flexibility index (Phi) is 2.98. The second kappa shape index (κ2) is 3.88. The number of aromatic carboxylic acids is 1. The predicted molar refractivity (Wildman–Crippen MR) is 57.2 cm³/mol. The molecule has 1 aromatic rings. The fourth-order valence-corrected chi connectivity index (χ4v) is 1.39. The van der Waals surface area contributed by atoms with Crippen LogP contribution in [0.4, 0.5) is 0 Å². The summed E-state index contributed by atoms with van der Waals surface area (Å²) in [6.07, 6.45) is 0.532. The molecule has 4 heteroatoms. The fraction of sp³-hybridized carbons (Fsp3) is 0.455. The maximum absolute atomic E-state index is 11.1. The molecule has 1 aromatic heterocycles. The molecule has 0 aromatic carbocycles. The highest BCUT2D eigenvalue weighted by molar-refractivity contribution is 5.88. The van der Waals surface area contributed by atoms with Crippen molar-refractivity contribution in [1.29, 1.82) is 0 Å². The largest absolute Gasteiger partial charge is 0.478 e. The number of hydrogen-bond acceptors (Lipinski definition) is 2. The van der Waals surface area contributed by atoms with Gasteiger partial charge in [-0.05, 0) is 17.9 Å². The summed E-state index contributed by atoms with van der Waals surface area (Å²) in [5.41, 5.74) is 0.334. The van der Waals surface area contributed by atoms with Gasteiger partial charge in [-0.15, -0.1) is 0 Å². The number of aromatic amines is 1. The molecule has 0 radical (unpaired) electrons. The smallest absolute Gasteiger partial charge is 0.337 e. The lowest BCUT2D eigenvalue weighted by molar-refractivity contribution is 0.0694. The van der Waals surface area contributed by atoms with Crippen molar-refractivity contribution in [2.45, 2.75) is 27.2 Å². The number of carboxylic acids is 1. The third-order valence-electron chi connectivity index (χ3n) is 1.94. The minimum Gasteiger partial charge on any atom is -0.478 e. The lowest BCUT2D eigenvalue weighted by Crippen LogP contribution is -2.19. The molecule has 0 bridgehead atoms. The van der Waals surface area contributed by atoms with Crippen molar-refractivity contribution < 1.29 is 9.90 Å². The number of pyridine rings is 1. The Balaban J connectivity index is 3.19. The van der Waals surface area contributed by atoms with Crippen molar-refractivity contribution in [3.8, 4) is 0 Å². The fourth-order valence-electron chi connectivity index (χ4n) is 1.39. The summed E-state index contributed by atoms with van der Waals surface area (Å²) in [4.78, 5) is 24.6. The van der Waals surface area contributed by atoms with Gasteiger partial charge in [-0.25, -0.2) is 4.79 Å². The van der Waals surface area contributed by atoms with Gasteiger partial charge in [0.2, 0.25) is 5.56 Å². The van der Waals surface area contributed by atoms with Crippen LogP contribution in [0.5, 0.6) is 0 Å². The molecule has 0 saturated heterocycles. The van der Waals surface area contributed by atoms with Crippen LogP contribution in [0, 0.1) is 5.41 Å². The van der Waals surface area contributed by atoms with Crippen molar-refractivity contribution in [1.82, 2.24) is 4.98 Å². The maximum Gasteiger partial charge on any atom is 0.337 e. The zero-order valence-electron chi connectivity index (χ0n) is 9.13. The zero-order valence-corrected chi connectivity index (χ0v) is 9.13. The first-order valence-electron chi connectivity index (χ1n) is 4.75. The molecule has 0 aliphatic heterocycles. The maximum atomic E-state index is 11.1. The highest BCUT2D eigenvalue weighted by atomic mass is 16.4. The molecular weight excluding hydrogens is 194 g/mol. The Morgan fingerprint density at radius 3 is 2.47 bits per heavy atom. The normalized spacial score (nSPS) is 11.4. The Hall–Kier alpha value is -1.58. The van der Waals surface area contributed by atoms with Gasteiger partial charge in [0.1, 0.15) is 0 Å². The van der Waals surface area contributed by atoms with E-state index in [1.54, 1.807) is 0 Å². The third kappa shape index (κ3) is 3.23. The summed E-state index contributed by atoms with van der Waals surface area (Å²) < 4.78 is 0. The molecule has 0 aliphatic carbocycles. The number of H-pyrrole nitrogens is 1. The summed E-state index contributed by atoms with van der Waals surface area (Å²) >= 11 is 0. The molecule has 0 aliphatic rings. The highest BCUT2D eigenvalue weighted by Crippen LogP contribution is 2.20. The van der Waals surface area contributed by atoms with Crippen LogP contribution in [0.1, 0.15) is 36.8 Å². The van der Waals surface area contributed by atoms with Gasteiger partial charge in [0, 0.05) is 11.8 Å². The second-order valence-electron chi connectivity index (χ2n) is 4.76. The number of aromatic nitrogens is 1. The van der Waals surface area contributed by atoms with Crippen molar-refractivity contribution in [2.24, 2.45) is 5.41 Å². The Labute approximate surface area is 88.0 Å². The van der Waals surface area contributed by atoms with Gasteiger partial charge in [-0.3, -0.25) is 4.79 Å². The Bertz CT molecular complexity index is 426. The van der Waals surface area contributed by atoms with Crippen LogP contribution in [0.25, 0.3) is 0 Å². The van der Waals surface area contributed by atoms with Crippen LogP contribution in [0.2, 0.25) is 0 Å². The molecular formula is C11H15NO3. The molecule has 0 unspecified atom stereocenters. The summed E-state index contributed by atoms with van der Waals surface area (Å²) in [6, 6.07) is 2.58. The number of hydrogen-bond donors (Lipinski definition) is 2. The summed E-state index contributed by atoms with van der Waals surface area (Å²) in [5.74, 6) is -1.01. The lowest BCUT2D eigenvalue weighted by Gasteiger charge is -2.18. The van der Waals surface area contributed by atoms with Gasteiger partial charge < -0.3 is 10.1 Å². The average Bonchev–Trinajstić information content (AvgIpc) is 1.99. The van der Waals surface area contributed by atoms with Crippen LogP contribution in [-0.2, 0) is 6.42 Å². The SMILES string of the molecule is CC(C)(C)Cc1[nH]c(=O)ccc1C(=O)O. The van der Waals surface area contributed by atoms with E-state index in [0.29, 0.717) is 12.1 Å². The third-order valence-corrected chi connectivity index (χ3v) is 1.94. The van der Waals surface area contributed by atoms with E-state index < -0.39 is 5.97 Å². The summed E-state index contributed by atoms with van der Waals surface area (Å²) in [6.45, 7) is 5.97. The summed E-state index contributed by atoms with van der Waals surface area (Å²) in [7, 11) is 0. The first kappa shape index (κ1) is 11.5. The van der Waals surface area contributed by atoms with Crippen molar-refractivity contribution in [3.63, 3.8) is 0 Å². The average molecular weight is 209 g/mol. The minimum atomic E-state index is -1.01. The molecule has 2 N–H and O–H groups in total. The standard InChI is InChI=1S/C11H15NO3/c1-11(2,3)6-8-7(10(14)15)4-5-9(13)12-8/h4-5H,6H2,1-3H3,(H,12,13)(H,14,15). The van der Waals surface area contributed by atoms with Gasteiger partial charge in [-0.1, -0.05) is 20.8 Å². The quantitative estimate of drug-likeness (QED) is 0.778. The van der Waals surface area contributed by atoms with Gasteiger partial charge in [0.25, 0.3) is 0 Å². The monoisotopic (exact) mass is 209 g/mol. The van der Waals surface area contributed by atoms with Crippen LogP contribution in [0.15, 0.2) is 16.9 Å². The van der Waals surface area contributed by atoms with Crippen molar-refractivity contribution in [2.75, 3.05) is 0 Å². The number of nitrogens with one attached hydrogen (secondary N) is 1. The Morgan fingerprint density at radius 2 is 2.00 bits per heavy atom. The molecule has 1 rings (SSSR count). The van der Waals surface area contributed by atoms with Crippen molar-refractivity contribution in [3.05, 3.63) is 33.7 Å². The molecule has 1 heterocycles. The van der Waals surface area contributed by atoms with Crippen LogP contribution < -0.4 is 5.56 Å². The van der Waals surface area contributed by atoms with Crippen molar-refractivity contribution >= 4 is 5.97 Å². The Morgan fingerprint density at radius 1 is 1.40 bits per heavy atom. The zero-order chi connectivity index (χ0) is 11.6. The van der Waals surface area contributed by atoms with E-state index in [1.165, 1.54) is 12.1 Å². The van der Waals surface area contributed by atoms with Gasteiger partial charge in [-0.2, -0.15) is 0 Å². The van der Waals surface area contributed by atoms with E-state index in [2.05, 4.69) is 4.98 Å². The van der Waals surface area contributed by atoms with Crippen LogP contribution in [-0.4, -0.2) is 16.1 Å². The van der Waals surface area contributed by atoms with E-state index in [1.807, 2.05) is 20.8 Å². The number of carbonyl (C=O) groups is 1. The van der Waals surface area contributed by atoms with Gasteiger partial charge in [0.15, 0.2) is 0 Å². The molecule has 0 saturated carbocycles. The predicted octanol–water partition coefficient (Wildman–Crippen LogP) is 1.66. The van der Waals surface area contributed by atoms with E-state index in [0.717, 1.165) is 0 Å². The molecule has 0 atom stereocenters. The lowest BCUT2D eigenvalue weighted by atomic mass is 9.89. The van der Waals surface area contributed by atoms with E-state index >= 15 is 0 Å². The molecule has 0 amide bonds. The van der Waals surface area contributed by atoms with E-state index in [9.17, 15) is 9.59 Å². The molecule has 82 valence electrons. The molecule has 0 spiro atoms. The van der Waals surface area contributed by atoms with Crippen LogP contribution >= 0.6 is 0 Å². The number of carboxylic acid groups (broad SMARTS) is 1. The molecule has 4 nitrogen and oxygen atoms in total. The number of rotatable bonds is 2. The first-order valence-corrected chi connectivity index (χ1v) is 4.75. The highest BCUT2D eigenvalue weighted by Gasteiger charge is 2.17. The molecule has 0 fully saturated rings.